The maximum atomic E-state index is 12.3. The van der Waals surface area contributed by atoms with Crippen LogP contribution in [0.1, 0.15) is 51.5 Å². The van der Waals surface area contributed by atoms with Crippen LogP contribution >= 0.6 is 15.9 Å². The van der Waals surface area contributed by atoms with Crippen molar-refractivity contribution in [3.63, 3.8) is 0 Å². The van der Waals surface area contributed by atoms with Crippen LogP contribution in [-0.4, -0.2) is 31.0 Å². The van der Waals surface area contributed by atoms with Gasteiger partial charge in [0, 0.05) is 24.4 Å². The summed E-state index contributed by atoms with van der Waals surface area (Å²) < 4.78 is 6.11. The highest BCUT2D eigenvalue weighted by atomic mass is 79.9. The van der Waals surface area contributed by atoms with Gasteiger partial charge in [-0.3, -0.25) is 9.59 Å². The number of ether oxygens (including phenoxy) is 1. The van der Waals surface area contributed by atoms with E-state index in [4.69, 9.17) is 4.74 Å². The maximum absolute atomic E-state index is 12.3. The van der Waals surface area contributed by atoms with Crippen molar-refractivity contribution in [1.82, 2.24) is 10.6 Å². The fraction of sp³-hybridized carbons (Fsp3) is 0.600. The van der Waals surface area contributed by atoms with E-state index in [1.165, 1.54) is 0 Å². The number of halogens is 1. The molecule has 0 radical (unpaired) electrons. The smallest absolute Gasteiger partial charge is 0.223 e. The lowest BCUT2D eigenvalue weighted by atomic mass is 9.85. The average molecular weight is 425 g/mol. The molecule has 1 fully saturated rings. The molecule has 1 aliphatic rings. The predicted octanol–water partition coefficient (Wildman–Crippen LogP) is 3.59. The zero-order valence-electron chi connectivity index (χ0n) is 15.8. The summed E-state index contributed by atoms with van der Waals surface area (Å²) in [5, 5.41) is 6.09. The summed E-state index contributed by atoms with van der Waals surface area (Å²) >= 11 is 3.47. The highest BCUT2D eigenvalue weighted by Crippen LogP contribution is 2.26. The van der Waals surface area contributed by atoms with E-state index in [1.54, 1.807) is 7.11 Å². The Hall–Kier alpha value is -1.56. The average Bonchev–Trinajstić information content (AvgIpc) is 2.60. The number of nitrogens with one attached hydrogen (secondary N) is 2. The number of hydrogen-bond donors (Lipinski definition) is 2. The number of hydrogen-bond acceptors (Lipinski definition) is 3. The molecule has 0 aliphatic heterocycles. The van der Waals surface area contributed by atoms with Crippen LogP contribution in [0.25, 0.3) is 0 Å². The van der Waals surface area contributed by atoms with Gasteiger partial charge in [0.15, 0.2) is 0 Å². The molecule has 0 aromatic heterocycles. The molecule has 0 bridgehead atoms. The van der Waals surface area contributed by atoms with Crippen LogP contribution in [0.3, 0.4) is 0 Å². The van der Waals surface area contributed by atoms with E-state index in [1.807, 2.05) is 32.0 Å². The molecule has 2 N–H and O–H groups in total. The molecule has 1 aliphatic carbocycles. The Morgan fingerprint density at radius 2 is 2.08 bits per heavy atom. The molecular formula is C20H29BrN2O3. The van der Waals surface area contributed by atoms with E-state index in [0.717, 1.165) is 41.5 Å². The number of carbonyl (C=O) groups is 2. The first-order valence-corrected chi connectivity index (χ1v) is 10.1. The first kappa shape index (κ1) is 20.7. The third-order valence-electron chi connectivity index (χ3n) is 4.70. The van der Waals surface area contributed by atoms with Gasteiger partial charge in [-0.1, -0.05) is 12.5 Å². The molecule has 5 nitrogen and oxygen atoms in total. The molecule has 0 saturated heterocycles. The van der Waals surface area contributed by atoms with Gasteiger partial charge >= 0.3 is 0 Å². The highest BCUT2D eigenvalue weighted by molar-refractivity contribution is 9.10. The fourth-order valence-electron chi connectivity index (χ4n) is 3.38. The van der Waals surface area contributed by atoms with Crippen molar-refractivity contribution in [3.05, 3.63) is 28.2 Å². The molecule has 1 aromatic rings. The van der Waals surface area contributed by atoms with Crippen molar-refractivity contribution in [2.45, 2.75) is 64.5 Å². The van der Waals surface area contributed by atoms with E-state index in [9.17, 15) is 9.59 Å². The van der Waals surface area contributed by atoms with Gasteiger partial charge in [-0.2, -0.15) is 0 Å². The highest BCUT2D eigenvalue weighted by Gasteiger charge is 2.28. The van der Waals surface area contributed by atoms with E-state index in [2.05, 4.69) is 26.6 Å². The van der Waals surface area contributed by atoms with Crippen LogP contribution in [0.4, 0.5) is 0 Å². The minimum Gasteiger partial charge on any atom is -0.496 e. The third-order valence-corrected chi connectivity index (χ3v) is 5.32. The van der Waals surface area contributed by atoms with Crippen LogP contribution < -0.4 is 15.4 Å². The lowest BCUT2D eigenvalue weighted by molar-refractivity contribution is -0.128. The largest absolute Gasteiger partial charge is 0.496 e. The fourth-order valence-corrected chi connectivity index (χ4v) is 3.97. The number of methoxy groups -OCH3 is 1. The normalized spacial score (nSPS) is 19.9. The summed E-state index contributed by atoms with van der Waals surface area (Å²) in [6, 6.07) is 6.11. The molecule has 26 heavy (non-hydrogen) atoms. The number of benzene rings is 1. The molecule has 144 valence electrons. The quantitative estimate of drug-likeness (QED) is 0.702. The number of amides is 2. The molecular weight excluding hydrogens is 396 g/mol. The predicted molar refractivity (Wildman–Crippen MR) is 106 cm³/mol. The Kier molecular flexibility index (Phi) is 7.94. The molecule has 2 amide bonds. The second-order valence-corrected chi connectivity index (χ2v) is 8.11. The standard InChI is InChI=1S/C20H29BrN2O3/c1-13(2)22-20(25)15-5-4-6-16(12-15)23-19(24)10-8-14-7-9-18(26-3)17(21)11-14/h7,9,11,13,15-16H,4-6,8,10,12H2,1-3H3,(H,22,25)(H,23,24). The summed E-state index contributed by atoms with van der Waals surface area (Å²) in [5.74, 6) is 0.953. The van der Waals surface area contributed by atoms with Crippen LogP contribution in [0.5, 0.6) is 5.75 Å². The van der Waals surface area contributed by atoms with Crippen molar-refractivity contribution in [1.29, 1.82) is 0 Å². The Morgan fingerprint density at radius 3 is 2.73 bits per heavy atom. The van der Waals surface area contributed by atoms with E-state index < -0.39 is 0 Å². The molecule has 6 heteroatoms. The summed E-state index contributed by atoms with van der Waals surface area (Å²) in [6.45, 7) is 3.94. The van der Waals surface area contributed by atoms with Gasteiger partial charge in [0.2, 0.25) is 11.8 Å². The lowest BCUT2D eigenvalue weighted by Gasteiger charge is -2.29. The van der Waals surface area contributed by atoms with Gasteiger partial charge in [0.1, 0.15) is 5.75 Å². The van der Waals surface area contributed by atoms with Crippen LogP contribution in [0.15, 0.2) is 22.7 Å². The van der Waals surface area contributed by atoms with Crippen LogP contribution in [0, 0.1) is 5.92 Å². The van der Waals surface area contributed by atoms with Crippen molar-refractivity contribution in [3.8, 4) is 5.75 Å². The summed E-state index contributed by atoms with van der Waals surface area (Å²) in [5.41, 5.74) is 1.09. The topological polar surface area (TPSA) is 67.4 Å². The van der Waals surface area contributed by atoms with E-state index in [-0.39, 0.29) is 29.8 Å². The number of aryl methyl sites for hydroxylation is 1. The Labute approximate surface area is 164 Å². The molecule has 0 heterocycles. The zero-order valence-corrected chi connectivity index (χ0v) is 17.4. The minimum absolute atomic E-state index is 0.00833. The Bertz CT molecular complexity index is 633. The lowest BCUT2D eigenvalue weighted by Crippen LogP contribution is -2.43. The number of carbonyl (C=O) groups excluding carboxylic acids is 2. The van der Waals surface area contributed by atoms with Gasteiger partial charge in [-0.25, -0.2) is 0 Å². The summed E-state index contributed by atoms with van der Waals surface area (Å²) in [7, 11) is 1.63. The van der Waals surface area contributed by atoms with Crippen LogP contribution in [-0.2, 0) is 16.0 Å². The molecule has 2 unspecified atom stereocenters. The van der Waals surface area contributed by atoms with Crippen LogP contribution in [0.2, 0.25) is 0 Å². The van der Waals surface area contributed by atoms with Crippen molar-refractivity contribution in [2.75, 3.05) is 7.11 Å². The monoisotopic (exact) mass is 424 g/mol. The van der Waals surface area contributed by atoms with Gasteiger partial charge < -0.3 is 15.4 Å². The maximum Gasteiger partial charge on any atom is 0.223 e. The van der Waals surface area contributed by atoms with Gasteiger partial charge in [0.25, 0.3) is 0 Å². The molecule has 0 spiro atoms. The molecule has 2 atom stereocenters. The van der Waals surface area contributed by atoms with Crippen molar-refractivity contribution in [2.24, 2.45) is 5.92 Å². The summed E-state index contributed by atoms with van der Waals surface area (Å²) in [6.07, 6.45) is 4.69. The SMILES string of the molecule is COc1ccc(CCC(=O)NC2CCCC(C(=O)NC(C)C)C2)cc1Br. The van der Waals surface area contributed by atoms with Gasteiger partial charge in [-0.15, -0.1) is 0 Å². The van der Waals surface area contributed by atoms with E-state index >= 15 is 0 Å². The first-order chi connectivity index (χ1) is 12.4. The van der Waals surface area contributed by atoms with E-state index in [0.29, 0.717) is 12.8 Å². The second-order valence-electron chi connectivity index (χ2n) is 7.26. The second kappa shape index (κ2) is 9.95. The Balaban J connectivity index is 1.80. The Morgan fingerprint density at radius 1 is 1.31 bits per heavy atom. The van der Waals surface area contributed by atoms with Gasteiger partial charge in [-0.05, 0) is 73.2 Å². The van der Waals surface area contributed by atoms with Crippen molar-refractivity contribution < 1.29 is 14.3 Å². The van der Waals surface area contributed by atoms with Gasteiger partial charge in [0.05, 0.1) is 11.6 Å². The third kappa shape index (κ3) is 6.31. The molecule has 1 aromatic carbocycles. The molecule has 2 rings (SSSR count). The molecule has 1 saturated carbocycles. The first-order valence-electron chi connectivity index (χ1n) is 9.31. The number of rotatable bonds is 7. The zero-order chi connectivity index (χ0) is 19.1. The minimum atomic E-state index is 0.00833. The van der Waals surface area contributed by atoms with Crippen molar-refractivity contribution >= 4 is 27.7 Å². The summed E-state index contributed by atoms with van der Waals surface area (Å²) in [4.78, 5) is 24.5.